The summed E-state index contributed by atoms with van der Waals surface area (Å²) in [5, 5.41) is 11.1. The van der Waals surface area contributed by atoms with Gasteiger partial charge in [0.2, 0.25) is 4.96 Å². The van der Waals surface area contributed by atoms with Crippen molar-refractivity contribution in [3.8, 4) is 10.6 Å². The van der Waals surface area contributed by atoms with E-state index in [2.05, 4.69) is 15.3 Å². The summed E-state index contributed by atoms with van der Waals surface area (Å²) in [6.45, 7) is 3.85. The molecule has 0 aliphatic heterocycles. The molecule has 20 heavy (non-hydrogen) atoms. The van der Waals surface area contributed by atoms with Gasteiger partial charge < -0.3 is 0 Å². The molecule has 2 heterocycles. The van der Waals surface area contributed by atoms with Gasteiger partial charge in [0.1, 0.15) is 5.01 Å². The fourth-order valence-electron chi connectivity index (χ4n) is 1.96. The maximum atomic E-state index is 12.7. The van der Waals surface area contributed by atoms with Crippen LogP contribution in [0.4, 0.5) is 13.2 Å². The Hall–Kier alpha value is -1.96. The molecule has 104 valence electrons. The van der Waals surface area contributed by atoms with Crippen LogP contribution in [0, 0.1) is 13.8 Å². The Morgan fingerprint density at radius 2 is 1.90 bits per heavy atom. The Morgan fingerprint density at radius 1 is 1.15 bits per heavy atom. The summed E-state index contributed by atoms with van der Waals surface area (Å²) in [6.07, 6.45) is -4.56. The van der Waals surface area contributed by atoms with Crippen molar-refractivity contribution in [2.75, 3.05) is 0 Å². The first-order chi connectivity index (χ1) is 9.36. The van der Waals surface area contributed by atoms with Crippen molar-refractivity contribution in [2.24, 2.45) is 0 Å². The van der Waals surface area contributed by atoms with E-state index in [1.54, 1.807) is 0 Å². The van der Waals surface area contributed by atoms with Crippen LogP contribution in [0.5, 0.6) is 0 Å². The first kappa shape index (κ1) is 13.0. The number of fused-ring (bicyclic) bond motifs is 1. The monoisotopic (exact) mass is 298 g/mol. The van der Waals surface area contributed by atoms with E-state index in [1.165, 1.54) is 0 Å². The number of aryl methyl sites for hydroxylation is 2. The van der Waals surface area contributed by atoms with Crippen LogP contribution >= 0.6 is 11.3 Å². The van der Waals surface area contributed by atoms with Gasteiger partial charge in [-0.05, 0) is 19.4 Å². The highest BCUT2D eigenvalue weighted by Gasteiger charge is 2.38. The molecule has 0 saturated carbocycles. The lowest BCUT2D eigenvalue weighted by atomic mass is 10.1. The van der Waals surface area contributed by atoms with E-state index in [1.807, 2.05) is 32.0 Å². The molecule has 1 aromatic carbocycles. The van der Waals surface area contributed by atoms with Gasteiger partial charge in [-0.25, -0.2) is 0 Å². The highest BCUT2D eigenvalue weighted by Crippen LogP contribution is 2.32. The summed E-state index contributed by atoms with van der Waals surface area (Å²) in [5.41, 5.74) is 2.85. The zero-order valence-electron chi connectivity index (χ0n) is 10.6. The lowest BCUT2D eigenvalue weighted by molar-refractivity contribution is -0.146. The highest BCUT2D eigenvalue weighted by atomic mass is 32.1. The lowest BCUT2D eigenvalue weighted by Gasteiger charge is -2.03. The number of nitrogens with zero attached hydrogens (tertiary/aromatic N) is 4. The van der Waals surface area contributed by atoms with Crippen LogP contribution < -0.4 is 0 Å². The van der Waals surface area contributed by atoms with Crippen molar-refractivity contribution in [3.05, 3.63) is 35.2 Å². The average molecular weight is 298 g/mol. The highest BCUT2D eigenvalue weighted by molar-refractivity contribution is 7.19. The number of alkyl halides is 3. The Labute approximate surface area is 115 Å². The molecular formula is C12H9F3N4S. The maximum Gasteiger partial charge on any atom is 0.453 e. The number of hydrogen-bond donors (Lipinski definition) is 0. The molecule has 0 amide bonds. The minimum atomic E-state index is -4.56. The molecule has 0 fully saturated rings. The Balaban J connectivity index is 2.16. The fraction of sp³-hybridized carbons (Fsp3) is 0.250. The lowest BCUT2D eigenvalue weighted by Crippen LogP contribution is -2.11. The van der Waals surface area contributed by atoms with Crippen molar-refractivity contribution < 1.29 is 13.2 Å². The van der Waals surface area contributed by atoms with E-state index in [9.17, 15) is 13.2 Å². The standard InChI is InChI=1S/C12H9F3N4S/c1-6-3-4-8(7(2)5-6)9-18-19-10(12(13,14)15)16-17-11(19)20-9/h3-5H,1-2H3. The van der Waals surface area contributed by atoms with Gasteiger partial charge in [-0.1, -0.05) is 35.1 Å². The number of halogens is 3. The van der Waals surface area contributed by atoms with Crippen molar-refractivity contribution in [2.45, 2.75) is 20.0 Å². The maximum absolute atomic E-state index is 12.7. The van der Waals surface area contributed by atoms with Crippen LogP contribution in [0.2, 0.25) is 0 Å². The van der Waals surface area contributed by atoms with Crippen LogP contribution in [0.1, 0.15) is 17.0 Å². The fourth-order valence-corrected chi connectivity index (χ4v) is 2.89. The van der Waals surface area contributed by atoms with E-state index >= 15 is 0 Å². The van der Waals surface area contributed by atoms with Crippen LogP contribution in [0.15, 0.2) is 18.2 Å². The van der Waals surface area contributed by atoms with E-state index < -0.39 is 12.0 Å². The summed E-state index contributed by atoms with van der Waals surface area (Å²) >= 11 is 1.09. The van der Waals surface area contributed by atoms with Gasteiger partial charge >= 0.3 is 6.18 Å². The molecular weight excluding hydrogens is 289 g/mol. The van der Waals surface area contributed by atoms with Gasteiger partial charge in [-0.2, -0.15) is 22.8 Å². The first-order valence-electron chi connectivity index (χ1n) is 5.73. The molecule has 0 bridgehead atoms. The number of rotatable bonds is 1. The smallest absolute Gasteiger partial charge is 0.178 e. The first-order valence-corrected chi connectivity index (χ1v) is 6.55. The van der Waals surface area contributed by atoms with Crippen molar-refractivity contribution in [3.63, 3.8) is 0 Å². The molecule has 3 rings (SSSR count). The molecule has 0 saturated heterocycles. The third-order valence-electron chi connectivity index (χ3n) is 2.86. The molecule has 0 N–H and O–H groups in total. The molecule has 3 aromatic rings. The Kier molecular flexibility index (Phi) is 2.79. The van der Waals surface area contributed by atoms with Gasteiger partial charge in [0, 0.05) is 5.56 Å². The molecule has 0 radical (unpaired) electrons. The van der Waals surface area contributed by atoms with Gasteiger partial charge in [-0.3, -0.25) is 0 Å². The van der Waals surface area contributed by atoms with E-state index in [-0.39, 0.29) is 4.96 Å². The predicted molar refractivity (Wildman–Crippen MR) is 68.6 cm³/mol. The van der Waals surface area contributed by atoms with E-state index in [4.69, 9.17) is 0 Å². The summed E-state index contributed by atoms with van der Waals surface area (Å²) in [4.78, 5) is 0.132. The largest absolute Gasteiger partial charge is 0.453 e. The second-order valence-corrected chi connectivity index (χ2v) is 5.40. The Morgan fingerprint density at radius 3 is 2.55 bits per heavy atom. The summed E-state index contributed by atoms with van der Waals surface area (Å²) in [6, 6.07) is 5.71. The molecule has 2 aromatic heterocycles. The zero-order valence-corrected chi connectivity index (χ0v) is 11.4. The summed E-state index contributed by atoms with van der Waals surface area (Å²) in [7, 11) is 0. The Bertz CT molecular complexity index is 788. The van der Waals surface area contributed by atoms with E-state index in [0.717, 1.165) is 32.5 Å². The summed E-state index contributed by atoms with van der Waals surface area (Å²) in [5.74, 6) is -1.10. The third kappa shape index (κ3) is 2.05. The van der Waals surface area contributed by atoms with Crippen LogP contribution in [-0.2, 0) is 6.18 Å². The molecule has 0 aliphatic rings. The molecule has 0 spiro atoms. The van der Waals surface area contributed by atoms with E-state index in [0.29, 0.717) is 5.01 Å². The molecule has 4 nitrogen and oxygen atoms in total. The van der Waals surface area contributed by atoms with Gasteiger partial charge in [0.05, 0.1) is 0 Å². The minimum Gasteiger partial charge on any atom is -0.178 e. The van der Waals surface area contributed by atoms with Crippen LogP contribution in [0.25, 0.3) is 15.5 Å². The second-order valence-electron chi connectivity index (χ2n) is 4.44. The van der Waals surface area contributed by atoms with Gasteiger partial charge in [-0.15, -0.1) is 10.2 Å². The number of hydrogen-bond acceptors (Lipinski definition) is 4. The topological polar surface area (TPSA) is 43.1 Å². The van der Waals surface area contributed by atoms with Gasteiger partial charge in [0.15, 0.2) is 0 Å². The second kappa shape index (κ2) is 4.27. The SMILES string of the molecule is Cc1ccc(-c2nn3c(C(F)(F)F)nnc3s2)c(C)c1. The average Bonchev–Trinajstić information content (AvgIpc) is 2.86. The molecule has 8 heteroatoms. The zero-order chi connectivity index (χ0) is 14.5. The normalized spacial score (nSPS) is 12.2. The van der Waals surface area contributed by atoms with Gasteiger partial charge in [0.25, 0.3) is 5.82 Å². The quantitative estimate of drug-likeness (QED) is 0.690. The number of aromatic nitrogens is 4. The number of benzene rings is 1. The molecule has 0 atom stereocenters. The van der Waals surface area contributed by atoms with Crippen LogP contribution in [-0.4, -0.2) is 19.8 Å². The molecule has 0 unspecified atom stereocenters. The van der Waals surface area contributed by atoms with Crippen molar-refractivity contribution >= 4 is 16.3 Å². The molecule has 0 aliphatic carbocycles. The minimum absolute atomic E-state index is 0.132. The summed E-state index contributed by atoms with van der Waals surface area (Å²) < 4.78 is 39.0. The van der Waals surface area contributed by atoms with Crippen molar-refractivity contribution in [1.82, 2.24) is 19.8 Å². The van der Waals surface area contributed by atoms with Crippen molar-refractivity contribution in [1.29, 1.82) is 0 Å². The van der Waals surface area contributed by atoms with Crippen LogP contribution in [0.3, 0.4) is 0 Å². The predicted octanol–water partition coefficient (Wildman–Crippen LogP) is 3.49. The third-order valence-corrected chi connectivity index (χ3v) is 3.79.